The van der Waals surface area contributed by atoms with Gasteiger partial charge in [0.05, 0.1) is 18.2 Å². The summed E-state index contributed by atoms with van der Waals surface area (Å²) in [6, 6.07) is 7.72. The van der Waals surface area contributed by atoms with Gasteiger partial charge in [-0.2, -0.15) is 0 Å². The molecule has 3 aromatic heterocycles. The van der Waals surface area contributed by atoms with Crippen LogP contribution in [0, 0.1) is 0 Å². The maximum Gasteiger partial charge on any atom is 0.213 e. The molecule has 6 nitrogen and oxygen atoms in total. The van der Waals surface area contributed by atoms with Crippen LogP contribution in [0.3, 0.4) is 0 Å². The van der Waals surface area contributed by atoms with Gasteiger partial charge in [0.15, 0.2) is 10.1 Å². The normalized spacial score (nSPS) is 11.6. The van der Waals surface area contributed by atoms with E-state index >= 15 is 0 Å². The number of fused-ring (bicyclic) bond motifs is 2. The molecule has 0 N–H and O–H groups in total. The lowest BCUT2D eigenvalue weighted by Gasteiger charge is -2.05. The molecule has 0 bridgehead atoms. The number of benzene rings is 1. The summed E-state index contributed by atoms with van der Waals surface area (Å²) >= 11 is 3.17. The van der Waals surface area contributed by atoms with Crippen LogP contribution < -0.4 is 4.74 Å². The molecule has 0 saturated carbocycles. The minimum absolute atomic E-state index is 0.498. The van der Waals surface area contributed by atoms with Crippen LogP contribution in [0.15, 0.2) is 39.2 Å². The standard InChI is InChI=1S/C16H15N3O3S2/c1-20-6-7-21-12-4-3-5-13-10(12)8-14(22-13)11-9-19-15(17-11)24-16(18-19)23-2/h3-5,8-9H,6-7H2,1-2H3. The van der Waals surface area contributed by atoms with Crippen molar-refractivity contribution in [2.24, 2.45) is 0 Å². The largest absolute Gasteiger partial charge is 0.490 e. The Morgan fingerprint density at radius 1 is 1.33 bits per heavy atom. The Bertz CT molecular complexity index is 958. The number of hydrogen-bond donors (Lipinski definition) is 0. The molecule has 0 atom stereocenters. The molecular formula is C16H15N3O3S2. The van der Waals surface area contributed by atoms with Gasteiger partial charge in [0.2, 0.25) is 4.96 Å². The van der Waals surface area contributed by atoms with Crippen molar-refractivity contribution < 1.29 is 13.9 Å². The predicted molar refractivity (Wildman–Crippen MR) is 95.2 cm³/mol. The summed E-state index contributed by atoms with van der Waals surface area (Å²) in [5.74, 6) is 1.49. The fourth-order valence-corrected chi connectivity index (χ4v) is 3.75. The van der Waals surface area contributed by atoms with E-state index < -0.39 is 0 Å². The number of methoxy groups -OCH3 is 1. The van der Waals surface area contributed by atoms with Gasteiger partial charge in [-0.3, -0.25) is 0 Å². The molecule has 0 fully saturated rings. The summed E-state index contributed by atoms with van der Waals surface area (Å²) in [4.78, 5) is 5.46. The molecule has 3 heterocycles. The smallest absolute Gasteiger partial charge is 0.213 e. The SMILES string of the molecule is COCCOc1cccc2oc(-c3cn4nc(SC)sc4n3)cc12. The first-order chi connectivity index (χ1) is 11.8. The zero-order valence-corrected chi connectivity index (χ0v) is 14.8. The fourth-order valence-electron chi connectivity index (χ4n) is 2.40. The molecule has 0 amide bonds. The van der Waals surface area contributed by atoms with E-state index in [9.17, 15) is 0 Å². The van der Waals surface area contributed by atoms with Crippen molar-refractivity contribution in [3.8, 4) is 17.2 Å². The summed E-state index contributed by atoms with van der Waals surface area (Å²) < 4.78 is 19.5. The van der Waals surface area contributed by atoms with E-state index in [2.05, 4.69) is 10.1 Å². The Labute approximate surface area is 146 Å². The second-order valence-corrected chi connectivity index (χ2v) is 7.05. The van der Waals surface area contributed by atoms with E-state index in [1.807, 2.05) is 36.7 Å². The lowest BCUT2D eigenvalue weighted by Crippen LogP contribution is -2.04. The van der Waals surface area contributed by atoms with Gasteiger partial charge >= 0.3 is 0 Å². The minimum Gasteiger partial charge on any atom is -0.490 e. The molecule has 124 valence electrons. The number of thioether (sulfide) groups is 1. The zero-order chi connectivity index (χ0) is 16.5. The molecule has 0 aliphatic rings. The third kappa shape index (κ3) is 2.77. The Morgan fingerprint density at radius 3 is 3.04 bits per heavy atom. The van der Waals surface area contributed by atoms with Crippen LogP contribution >= 0.6 is 23.1 Å². The van der Waals surface area contributed by atoms with Crippen molar-refractivity contribution in [1.82, 2.24) is 14.6 Å². The number of hydrogen-bond acceptors (Lipinski definition) is 7. The van der Waals surface area contributed by atoms with Gasteiger partial charge in [-0.15, -0.1) is 5.10 Å². The highest BCUT2D eigenvalue weighted by Gasteiger charge is 2.15. The molecule has 8 heteroatoms. The van der Waals surface area contributed by atoms with Crippen LogP contribution in [0.25, 0.3) is 27.4 Å². The number of rotatable bonds is 6. The van der Waals surface area contributed by atoms with Crippen LogP contribution in [-0.4, -0.2) is 41.2 Å². The van der Waals surface area contributed by atoms with Crippen molar-refractivity contribution >= 4 is 39.0 Å². The highest BCUT2D eigenvalue weighted by atomic mass is 32.2. The first-order valence-electron chi connectivity index (χ1n) is 7.33. The molecule has 1 aromatic carbocycles. The van der Waals surface area contributed by atoms with E-state index in [1.54, 1.807) is 34.7 Å². The molecule has 0 radical (unpaired) electrons. The van der Waals surface area contributed by atoms with Crippen LogP contribution in [0.5, 0.6) is 5.75 Å². The highest BCUT2D eigenvalue weighted by Crippen LogP contribution is 2.34. The van der Waals surface area contributed by atoms with E-state index in [0.717, 1.165) is 31.7 Å². The van der Waals surface area contributed by atoms with E-state index in [1.165, 1.54) is 0 Å². The molecule has 24 heavy (non-hydrogen) atoms. The van der Waals surface area contributed by atoms with Gasteiger partial charge in [-0.1, -0.05) is 29.2 Å². The van der Waals surface area contributed by atoms with E-state index in [-0.39, 0.29) is 0 Å². The zero-order valence-electron chi connectivity index (χ0n) is 13.2. The first-order valence-corrected chi connectivity index (χ1v) is 9.37. The van der Waals surface area contributed by atoms with Gasteiger partial charge < -0.3 is 13.9 Å². The van der Waals surface area contributed by atoms with Crippen molar-refractivity contribution in [3.05, 3.63) is 30.5 Å². The second-order valence-electron chi connectivity index (χ2n) is 5.05. The van der Waals surface area contributed by atoms with Crippen molar-refractivity contribution in [2.75, 3.05) is 26.6 Å². The van der Waals surface area contributed by atoms with Crippen LogP contribution in [0.4, 0.5) is 0 Å². The van der Waals surface area contributed by atoms with Gasteiger partial charge in [0.25, 0.3) is 0 Å². The number of aromatic nitrogens is 3. The van der Waals surface area contributed by atoms with Crippen molar-refractivity contribution in [1.29, 1.82) is 0 Å². The number of furan rings is 1. The topological polar surface area (TPSA) is 61.8 Å². The molecule has 0 aliphatic heterocycles. The third-order valence-electron chi connectivity index (χ3n) is 3.52. The van der Waals surface area contributed by atoms with E-state index in [4.69, 9.17) is 13.9 Å². The fraction of sp³-hybridized carbons (Fsp3) is 0.250. The van der Waals surface area contributed by atoms with Crippen molar-refractivity contribution in [2.45, 2.75) is 4.34 Å². The highest BCUT2D eigenvalue weighted by molar-refractivity contribution is 8.00. The molecule has 0 spiro atoms. The van der Waals surface area contributed by atoms with Gasteiger partial charge in [0.1, 0.15) is 23.6 Å². The average molecular weight is 361 g/mol. The molecule has 0 aliphatic carbocycles. The third-order valence-corrected chi connectivity index (χ3v) is 5.42. The van der Waals surface area contributed by atoms with Crippen LogP contribution in [0.1, 0.15) is 0 Å². The Kier molecular flexibility index (Phi) is 4.17. The second kappa shape index (κ2) is 6.46. The molecule has 0 saturated heterocycles. The summed E-state index contributed by atoms with van der Waals surface area (Å²) in [5, 5.41) is 5.38. The van der Waals surface area contributed by atoms with Gasteiger partial charge in [0, 0.05) is 7.11 Å². The Hall–Kier alpha value is -2.03. The average Bonchev–Trinajstić information content (AvgIpc) is 3.26. The maximum absolute atomic E-state index is 5.94. The summed E-state index contributed by atoms with van der Waals surface area (Å²) in [6.07, 6.45) is 3.89. The minimum atomic E-state index is 0.498. The summed E-state index contributed by atoms with van der Waals surface area (Å²) in [7, 11) is 1.65. The molecule has 4 rings (SSSR count). The molecular weight excluding hydrogens is 346 g/mol. The van der Waals surface area contributed by atoms with Gasteiger partial charge in [-0.25, -0.2) is 9.50 Å². The Balaban J connectivity index is 1.70. The summed E-state index contributed by atoms with van der Waals surface area (Å²) in [6.45, 7) is 1.04. The van der Waals surface area contributed by atoms with E-state index in [0.29, 0.717) is 19.0 Å². The predicted octanol–water partition coefficient (Wildman–Crippen LogP) is 3.95. The maximum atomic E-state index is 5.94. The monoisotopic (exact) mass is 361 g/mol. The summed E-state index contributed by atoms with van der Waals surface area (Å²) in [5.41, 5.74) is 1.54. The number of imidazole rings is 1. The quantitative estimate of drug-likeness (QED) is 0.383. The molecule has 0 unspecified atom stereocenters. The van der Waals surface area contributed by atoms with Crippen LogP contribution in [-0.2, 0) is 4.74 Å². The first kappa shape index (κ1) is 15.5. The lowest BCUT2D eigenvalue weighted by atomic mass is 10.2. The van der Waals surface area contributed by atoms with Crippen LogP contribution in [0.2, 0.25) is 0 Å². The molecule has 4 aromatic rings. The van der Waals surface area contributed by atoms with Crippen molar-refractivity contribution in [3.63, 3.8) is 0 Å². The van der Waals surface area contributed by atoms with Gasteiger partial charge in [-0.05, 0) is 24.5 Å². The number of nitrogens with zero attached hydrogens (tertiary/aromatic N) is 3. The Morgan fingerprint density at radius 2 is 2.25 bits per heavy atom. The number of ether oxygens (including phenoxy) is 2. The lowest BCUT2D eigenvalue weighted by molar-refractivity contribution is 0.147.